The number of hydrogen-bond acceptors (Lipinski definition) is 3. The molecule has 0 aliphatic heterocycles. The van der Waals surface area contributed by atoms with Crippen molar-refractivity contribution in [2.75, 3.05) is 16.8 Å². The Labute approximate surface area is 116 Å². The van der Waals surface area contributed by atoms with Gasteiger partial charge < -0.3 is 16.8 Å². The third-order valence-corrected chi connectivity index (χ3v) is 3.40. The lowest BCUT2D eigenvalue weighted by molar-refractivity contribution is 1.15. The molecule has 3 nitrogen and oxygen atoms in total. The summed E-state index contributed by atoms with van der Waals surface area (Å²) in [5, 5.41) is 4.25. The van der Waals surface area contributed by atoms with Crippen LogP contribution in [0.15, 0.2) is 36.4 Å². The number of benzene rings is 2. The molecular formula is C13H13Cl2N3. The SMILES string of the molecule is Nc1ccc(CNc2cccc(Cl)c2Cl)cc1N. The van der Waals surface area contributed by atoms with Gasteiger partial charge in [0.2, 0.25) is 0 Å². The molecule has 0 saturated heterocycles. The van der Waals surface area contributed by atoms with Gasteiger partial charge in [-0.25, -0.2) is 0 Å². The molecule has 0 heterocycles. The Morgan fingerprint density at radius 2 is 1.78 bits per heavy atom. The minimum absolute atomic E-state index is 0.516. The minimum Gasteiger partial charge on any atom is -0.397 e. The molecule has 0 atom stereocenters. The smallest absolute Gasteiger partial charge is 0.0823 e. The molecule has 2 aromatic rings. The maximum absolute atomic E-state index is 6.08. The predicted octanol–water partition coefficient (Wildman–Crippen LogP) is 3.77. The zero-order chi connectivity index (χ0) is 13.1. The Morgan fingerprint density at radius 3 is 2.50 bits per heavy atom. The number of nitrogens with one attached hydrogen (secondary N) is 1. The Morgan fingerprint density at radius 1 is 1.00 bits per heavy atom. The molecule has 0 spiro atoms. The van der Waals surface area contributed by atoms with Gasteiger partial charge in [-0.1, -0.05) is 35.3 Å². The van der Waals surface area contributed by atoms with E-state index >= 15 is 0 Å². The molecule has 2 rings (SSSR count). The Kier molecular flexibility index (Phi) is 3.84. The molecule has 0 saturated carbocycles. The van der Waals surface area contributed by atoms with Gasteiger partial charge in [-0.15, -0.1) is 0 Å². The van der Waals surface area contributed by atoms with Crippen molar-refractivity contribution in [2.24, 2.45) is 0 Å². The minimum atomic E-state index is 0.516. The molecule has 0 aliphatic carbocycles. The normalized spacial score (nSPS) is 10.3. The van der Waals surface area contributed by atoms with Gasteiger partial charge in [0.15, 0.2) is 0 Å². The van der Waals surface area contributed by atoms with Gasteiger partial charge >= 0.3 is 0 Å². The van der Waals surface area contributed by atoms with Crippen LogP contribution in [0, 0.1) is 0 Å². The number of nitrogen functional groups attached to an aromatic ring is 2. The van der Waals surface area contributed by atoms with Crippen molar-refractivity contribution in [1.29, 1.82) is 0 Å². The molecule has 0 aliphatic rings. The van der Waals surface area contributed by atoms with Crippen LogP contribution >= 0.6 is 23.2 Å². The van der Waals surface area contributed by atoms with Crippen molar-refractivity contribution in [3.63, 3.8) is 0 Å². The second-order valence-corrected chi connectivity index (χ2v) is 4.70. The van der Waals surface area contributed by atoms with Crippen LogP contribution in [0.5, 0.6) is 0 Å². The van der Waals surface area contributed by atoms with Gasteiger partial charge in [-0.2, -0.15) is 0 Å². The Hall–Kier alpha value is -1.58. The number of nitrogens with two attached hydrogens (primary N) is 2. The first-order chi connectivity index (χ1) is 8.58. The van der Waals surface area contributed by atoms with E-state index in [0.717, 1.165) is 11.3 Å². The maximum Gasteiger partial charge on any atom is 0.0823 e. The fraction of sp³-hybridized carbons (Fsp3) is 0.0769. The van der Waals surface area contributed by atoms with Crippen LogP contribution in [-0.2, 0) is 6.54 Å². The van der Waals surface area contributed by atoms with E-state index in [1.54, 1.807) is 12.1 Å². The first-order valence-electron chi connectivity index (χ1n) is 5.39. The maximum atomic E-state index is 6.08. The predicted molar refractivity (Wildman–Crippen MR) is 79.1 cm³/mol. The summed E-state index contributed by atoms with van der Waals surface area (Å²) in [4.78, 5) is 0. The summed E-state index contributed by atoms with van der Waals surface area (Å²) in [5.74, 6) is 0. The van der Waals surface area contributed by atoms with Crippen LogP contribution in [0.2, 0.25) is 10.0 Å². The summed E-state index contributed by atoms with van der Waals surface area (Å²) >= 11 is 12.0. The monoisotopic (exact) mass is 281 g/mol. The molecule has 94 valence electrons. The average Bonchev–Trinajstić information content (AvgIpc) is 2.35. The highest BCUT2D eigenvalue weighted by molar-refractivity contribution is 6.43. The highest BCUT2D eigenvalue weighted by Gasteiger charge is 2.04. The molecular weight excluding hydrogens is 269 g/mol. The number of rotatable bonds is 3. The lowest BCUT2D eigenvalue weighted by atomic mass is 10.1. The van der Waals surface area contributed by atoms with Gasteiger partial charge in [-0.05, 0) is 29.8 Å². The number of anilines is 3. The van der Waals surface area contributed by atoms with Crippen LogP contribution in [-0.4, -0.2) is 0 Å². The van der Waals surface area contributed by atoms with Crippen molar-refractivity contribution in [2.45, 2.75) is 6.54 Å². The summed E-state index contributed by atoms with van der Waals surface area (Å²) in [6, 6.07) is 11.0. The van der Waals surface area contributed by atoms with E-state index in [9.17, 15) is 0 Å². The molecule has 0 radical (unpaired) electrons. The topological polar surface area (TPSA) is 64.1 Å². The highest BCUT2D eigenvalue weighted by atomic mass is 35.5. The van der Waals surface area contributed by atoms with Crippen molar-refractivity contribution < 1.29 is 0 Å². The zero-order valence-electron chi connectivity index (χ0n) is 9.58. The molecule has 0 amide bonds. The Balaban J connectivity index is 2.11. The lowest BCUT2D eigenvalue weighted by Crippen LogP contribution is -2.02. The van der Waals surface area contributed by atoms with E-state index in [0.29, 0.717) is 28.0 Å². The molecule has 5 N–H and O–H groups in total. The van der Waals surface area contributed by atoms with Crippen LogP contribution < -0.4 is 16.8 Å². The summed E-state index contributed by atoms with van der Waals surface area (Å²) < 4.78 is 0. The summed E-state index contributed by atoms with van der Waals surface area (Å²) in [7, 11) is 0. The quantitative estimate of drug-likeness (QED) is 0.751. The molecule has 18 heavy (non-hydrogen) atoms. The van der Waals surface area contributed by atoms with Crippen LogP contribution in [0.25, 0.3) is 0 Å². The lowest BCUT2D eigenvalue weighted by Gasteiger charge is -2.10. The fourth-order valence-electron chi connectivity index (χ4n) is 1.57. The van der Waals surface area contributed by atoms with Gasteiger partial charge in [-0.3, -0.25) is 0 Å². The van der Waals surface area contributed by atoms with Gasteiger partial charge in [0.25, 0.3) is 0 Å². The van der Waals surface area contributed by atoms with Gasteiger partial charge in [0.05, 0.1) is 27.1 Å². The molecule has 0 fully saturated rings. The molecule has 0 aromatic heterocycles. The largest absolute Gasteiger partial charge is 0.397 e. The van der Waals surface area contributed by atoms with E-state index in [2.05, 4.69) is 5.32 Å². The third-order valence-electron chi connectivity index (χ3n) is 2.59. The summed E-state index contributed by atoms with van der Waals surface area (Å²) in [6.07, 6.45) is 0. The van der Waals surface area contributed by atoms with E-state index in [4.69, 9.17) is 34.7 Å². The second kappa shape index (κ2) is 5.38. The molecule has 5 heteroatoms. The van der Waals surface area contributed by atoms with E-state index in [1.807, 2.05) is 24.3 Å². The number of halogens is 2. The van der Waals surface area contributed by atoms with Gasteiger partial charge in [0, 0.05) is 6.54 Å². The van der Waals surface area contributed by atoms with E-state index < -0.39 is 0 Å². The standard InChI is InChI=1S/C13H13Cl2N3/c14-9-2-1-3-12(13(9)15)18-7-8-4-5-10(16)11(17)6-8/h1-6,18H,7,16-17H2. The van der Waals surface area contributed by atoms with Crippen LogP contribution in [0.1, 0.15) is 5.56 Å². The summed E-state index contributed by atoms with van der Waals surface area (Å²) in [6.45, 7) is 0.602. The van der Waals surface area contributed by atoms with Crippen molar-refractivity contribution in [1.82, 2.24) is 0 Å². The number of hydrogen-bond donors (Lipinski definition) is 3. The van der Waals surface area contributed by atoms with Gasteiger partial charge in [0.1, 0.15) is 0 Å². The molecule has 0 unspecified atom stereocenters. The Bertz CT molecular complexity index is 570. The average molecular weight is 282 g/mol. The van der Waals surface area contributed by atoms with Crippen molar-refractivity contribution in [3.05, 3.63) is 52.0 Å². The van der Waals surface area contributed by atoms with Crippen molar-refractivity contribution >= 4 is 40.3 Å². The zero-order valence-corrected chi connectivity index (χ0v) is 11.1. The summed E-state index contributed by atoms with van der Waals surface area (Å²) in [5.41, 5.74) is 14.4. The third kappa shape index (κ3) is 2.81. The van der Waals surface area contributed by atoms with Crippen LogP contribution in [0.3, 0.4) is 0 Å². The second-order valence-electron chi connectivity index (χ2n) is 3.92. The fourth-order valence-corrected chi connectivity index (χ4v) is 1.94. The van der Waals surface area contributed by atoms with Crippen molar-refractivity contribution in [3.8, 4) is 0 Å². The highest BCUT2D eigenvalue weighted by Crippen LogP contribution is 2.30. The molecule has 2 aromatic carbocycles. The first-order valence-corrected chi connectivity index (χ1v) is 6.15. The van der Waals surface area contributed by atoms with E-state index in [1.165, 1.54) is 0 Å². The first kappa shape index (κ1) is 12.9. The van der Waals surface area contributed by atoms with E-state index in [-0.39, 0.29) is 0 Å². The molecule has 0 bridgehead atoms. The van der Waals surface area contributed by atoms with Crippen LogP contribution in [0.4, 0.5) is 17.1 Å².